The van der Waals surface area contributed by atoms with Crippen molar-refractivity contribution in [2.24, 2.45) is 5.73 Å². The normalized spacial score (nSPS) is 11.9. The third-order valence-electron chi connectivity index (χ3n) is 2.15. The Balaban J connectivity index is 2.94. The van der Waals surface area contributed by atoms with Gasteiger partial charge in [-0.05, 0) is 18.1 Å². The summed E-state index contributed by atoms with van der Waals surface area (Å²) in [5.41, 5.74) is 4.86. The molecule has 7 heteroatoms. The smallest absolute Gasteiger partial charge is 0.341 e. The molecule has 7 nitrogen and oxygen atoms in total. The quantitative estimate of drug-likeness (QED) is 0.587. The number of H-pyrrole nitrogens is 1. The largest absolute Gasteiger partial charge is 0.477 e. The van der Waals surface area contributed by atoms with Crippen molar-refractivity contribution < 1.29 is 19.4 Å². The Kier molecular flexibility index (Phi) is 4.00. The summed E-state index contributed by atoms with van der Waals surface area (Å²) in [5.74, 6) is -1.94. The summed E-state index contributed by atoms with van der Waals surface area (Å²) in [4.78, 5) is 35.2. The first-order valence-corrected chi connectivity index (χ1v) is 4.74. The number of aromatic carboxylic acids is 1. The lowest BCUT2D eigenvalue weighted by atomic mass is 10.1. The van der Waals surface area contributed by atoms with Crippen molar-refractivity contribution in [2.45, 2.75) is 12.5 Å². The van der Waals surface area contributed by atoms with Gasteiger partial charge in [-0.3, -0.25) is 9.59 Å². The molecule has 0 spiro atoms. The van der Waals surface area contributed by atoms with Crippen LogP contribution in [-0.2, 0) is 16.0 Å². The maximum Gasteiger partial charge on any atom is 0.341 e. The number of carboxylic acids is 1. The Labute approximate surface area is 96.2 Å². The van der Waals surface area contributed by atoms with Gasteiger partial charge in [0, 0.05) is 6.20 Å². The molecule has 0 aliphatic carbocycles. The van der Waals surface area contributed by atoms with Gasteiger partial charge in [0.2, 0.25) is 0 Å². The van der Waals surface area contributed by atoms with E-state index in [9.17, 15) is 14.4 Å². The Morgan fingerprint density at radius 3 is 2.76 bits per heavy atom. The zero-order valence-electron chi connectivity index (χ0n) is 9.10. The number of esters is 1. The van der Waals surface area contributed by atoms with Crippen LogP contribution in [0.15, 0.2) is 17.1 Å². The average Bonchev–Trinajstić information content (AvgIpc) is 2.30. The molecule has 17 heavy (non-hydrogen) atoms. The van der Waals surface area contributed by atoms with E-state index in [0.717, 1.165) is 0 Å². The monoisotopic (exact) mass is 240 g/mol. The second kappa shape index (κ2) is 5.26. The van der Waals surface area contributed by atoms with Crippen LogP contribution in [0.5, 0.6) is 0 Å². The van der Waals surface area contributed by atoms with E-state index in [1.54, 1.807) is 0 Å². The second-order valence-electron chi connectivity index (χ2n) is 3.39. The molecule has 1 aromatic rings. The lowest BCUT2D eigenvalue weighted by Crippen LogP contribution is -2.34. The minimum atomic E-state index is -1.33. The molecule has 0 aliphatic rings. The highest BCUT2D eigenvalue weighted by Gasteiger charge is 2.16. The molecule has 0 unspecified atom stereocenters. The SMILES string of the molecule is COC(=O)[C@@H](N)Cc1c[nH]c(=O)c(C(=O)O)c1. The van der Waals surface area contributed by atoms with Crippen molar-refractivity contribution in [2.75, 3.05) is 7.11 Å². The highest BCUT2D eigenvalue weighted by atomic mass is 16.5. The van der Waals surface area contributed by atoms with Gasteiger partial charge >= 0.3 is 11.9 Å². The Bertz CT molecular complexity index is 494. The molecule has 0 aromatic carbocycles. The fraction of sp³-hybridized carbons (Fsp3) is 0.300. The lowest BCUT2D eigenvalue weighted by molar-refractivity contribution is -0.142. The molecular formula is C10H12N2O5. The number of nitrogens with one attached hydrogen (secondary N) is 1. The Hall–Kier alpha value is -2.15. The summed E-state index contributed by atoms with van der Waals surface area (Å²) in [6, 6.07) is 0.289. The molecule has 4 N–H and O–H groups in total. The predicted octanol–water partition coefficient (Wildman–Crippen LogP) is -0.884. The van der Waals surface area contributed by atoms with Crippen molar-refractivity contribution in [1.82, 2.24) is 4.98 Å². The van der Waals surface area contributed by atoms with Gasteiger partial charge in [-0.1, -0.05) is 0 Å². The van der Waals surface area contributed by atoms with Gasteiger partial charge in [-0.15, -0.1) is 0 Å². The minimum Gasteiger partial charge on any atom is -0.477 e. The van der Waals surface area contributed by atoms with Crippen molar-refractivity contribution >= 4 is 11.9 Å². The maximum absolute atomic E-state index is 11.1. The third-order valence-corrected chi connectivity index (χ3v) is 2.15. The molecule has 0 fully saturated rings. The highest BCUT2D eigenvalue weighted by molar-refractivity contribution is 5.87. The summed E-state index contributed by atoms with van der Waals surface area (Å²) in [7, 11) is 1.21. The number of ether oxygens (including phenoxy) is 1. The van der Waals surface area contributed by atoms with Crippen LogP contribution < -0.4 is 11.3 Å². The fourth-order valence-electron chi connectivity index (χ4n) is 1.29. The van der Waals surface area contributed by atoms with Crippen molar-refractivity contribution in [1.29, 1.82) is 0 Å². The number of carbonyl (C=O) groups excluding carboxylic acids is 1. The van der Waals surface area contributed by atoms with Gasteiger partial charge in [-0.2, -0.15) is 0 Å². The standard InChI is InChI=1S/C10H12N2O5/c1-17-10(16)7(11)3-5-2-6(9(14)15)8(13)12-4-5/h2,4,7H,3,11H2,1H3,(H,12,13)(H,14,15)/t7-/m0/s1. The second-order valence-corrected chi connectivity index (χ2v) is 3.39. The summed E-state index contributed by atoms with van der Waals surface area (Å²) >= 11 is 0. The van der Waals surface area contributed by atoms with Crippen LogP contribution in [0.4, 0.5) is 0 Å². The Morgan fingerprint density at radius 2 is 2.24 bits per heavy atom. The van der Waals surface area contributed by atoms with Crippen LogP contribution >= 0.6 is 0 Å². The van der Waals surface area contributed by atoms with Crippen molar-refractivity contribution in [3.05, 3.63) is 33.7 Å². The van der Waals surface area contributed by atoms with Gasteiger partial charge < -0.3 is 20.6 Å². The number of aromatic nitrogens is 1. The molecule has 0 bridgehead atoms. The first-order chi connectivity index (χ1) is 7.95. The van der Waals surface area contributed by atoms with Crippen LogP contribution in [0.3, 0.4) is 0 Å². The maximum atomic E-state index is 11.1. The Morgan fingerprint density at radius 1 is 1.59 bits per heavy atom. The van der Waals surface area contributed by atoms with Crippen LogP contribution in [0, 0.1) is 0 Å². The molecular weight excluding hydrogens is 228 g/mol. The molecule has 0 aliphatic heterocycles. The van der Waals surface area contributed by atoms with Gasteiger partial charge in [0.15, 0.2) is 0 Å². The number of hydrogen-bond donors (Lipinski definition) is 3. The first kappa shape index (κ1) is 12.9. The minimum absolute atomic E-state index is 0.0870. The molecule has 1 rings (SSSR count). The molecule has 1 heterocycles. The fourth-order valence-corrected chi connectivity index (χ4v) is 1.29. The van der Waals surface area contributed by atoms with Crippen molar-refractivity contribution in [3.63, 3.8) is 0 Å². The van der Waals surface area contributed by atoms with Gasteiger partial charge in [0.05, 0.1) is 7.11 Å². The molecule has 0 saturated heterocycles. The topological polar surface area (TPSA) is 122 Å². The number of rotatable bonds is 4. The third kappa shape index (κ3) is 3.15. The van der Waals surface area contributed by atoms with E-state index in [4.69, 9.17) is 10.8 Å². The summed E-state index contributed by atoms with van der Waals surface area (Å²) in [5, 5.41) is 8.74. The summed E-state index contributed by atoms with van der Waals surface area (Å²) in [6.07, 6.45) is 1.40. The zero-order chi connectivity index (χ0) is 13.0. The molecule has 0 saturated carbocycles. The van der Waals surface area contributed by atoms with E-state index < -0.39 is 23.5 Å². The van der Waals surface area contributed by atoms with Gasteiger partial charge in [0.25, 0.3) is 5.56 Å². The number of pyridine rings is 1. The number of aromatic amines is 1. The molecule has 92 valence electrons. The van der Waals surface area contributed by atoms with Crippen LogP contribution in [-0.4, -0.2) is 35.2 Å². The van der Waals surface area contributed by atoms with Gasteiger partial charge in [-0.25, -0.2) is 4.79 Å². The van der Waals surface area contributed by atoms with E-state index in [1.165, 1.54) is 19.4 Å². The number of hydrogen-bond acceptors (Lipinski definition) is 5. The van der Waals surface area contributed by atoms with E-state index in [0.29, 0.717) is 5.56 Å². The first-order valence-electron chi connectivity index (χ1n) is 4.74. The number of methoxy groups -OCH3 is 1. The number of nitrogens with two attached hydrogens (primary N) is 1. The van der Waals surface area contributed by atoms with Gasteiger partial charge in [0.1, 0.15) is 11.6 Å². The number of carboxylic acid groups (broad SMARTS) is 1. The molecule has 1 atom stereocenters. The molecule has 0 radical (unpaired) electrons. The van der Waals surface area contributed by atoms with E-state index >= 15 is 0 Å². The molecule has 0 amide bonds. The van der Waals surface area contributed by atoms with Crippen LogP contribution in [0.25, 0.3) is 0 Å². The van der Waals surface area contributed by atoms with Crippen LogP contribution in [0.2, 0.25) is 0 Å². The lowest BCUT2D eigenvalue weighted by Gasteiger charge is -2.09. The van der Waals surface area contributed by atoms with Crippen LogP contribution in [0.1, 0.15) is 15.9 Å². The molecule has 1 aromatic heterocycles. The predicted molar refractivity (Wildman–Crippen MR) is 57.7 cm³/mol. The highest BCUT2D eigenvalue weighted by Crippen LogP contribution is 2.03. The number of carbonyl (C=O) groups is 2. The van der Waals surface area contributed by atoms with E-state index in [-0.39, 0.29) is 12.0 Å². The van der Waals surface area contributed by atoms with E-state index in [1.807, 2.05) is 0 Å². The summed E-state index contributed by atoms with van der Waals surface area (Å²) < 4.78 is 4.43. The average molecular weight is 240 g/mol. The summed E-state index contributed by atoms with van der Waals surface area (Å²) in [6.45, 7) is 0. The zero-order valence-corrected chi connectivity index (χ0v) is 9.10. The van der Waals surface area contributed by atoms with Crippen molar-refractivity contribution in [3.8, 4) is 0 Å². The van der Waals surface area contributed by atoms with E-state index in [2.05, 4.69) is 9.72 Å².